The molecule has 34 heavy (non-hydrogen) atoms. The third-order valence-corrected chi connectivity index (χ3v) is 7.41. The van der Waals surface area contributed by atoms with Gasteiger partial charge in [0.05, 0.1) is 24.9 Å². The summed E-state index contributed by atoms with van der Waals surface area (Å²) in [5.74, 6) is 0.985. The molecule has 1 aromatic carbocycles. The van der Waals surface area contributed by atoms with Gasteiger partial charge in [-0.05, 0) is 64.0 Å². The number of ether oxygens (including phenoxy) is 1. The first-order valence-corrected chi connectivity index (χ1v) is 12.2. The van der Waals surface area contributed by atoms with Crippen molar-refractivity contribution in [2.75, 3.05) is 46.4 Å². The summed E-state index contributed by atoms with van der Waals surface area (Å²) in [5, 5.41) is 8.35. The molecule has 1 N–H and O–H groups in total. The largest absolute Gasteiger partial charge is 0.379 e. The molecule has 8 heteroatoms. The molecule has 1 atom stereocenters. The molecule has 2 saturated heterocycles. The van der Waals surface area contributed by atoms with Crippen molar-refractivity contribution < 1.29 is 9.53 Å². The molecule has 3 aromatic rings. The van der Waals surface area contributed by atoms with Crippen LogP contribution >= 0.6 is 0 Å². The molecule has 0 aliphatic carbocycles. The topological polar surface area (TPSA) is 87.2 Å². The van der Waals surface area contributed by atoms with Gasteiger partial charge in [-0.25, -0.2) is 9.97 Å². The first-order chi connectivity index (χ1) is 16.4. The third-order valence-electron chi connectivity index (χ3n) is 7.41. The van der Waals surface area contributed by atoms with E-state index in [1.54, 1.807) is 0 Å². The van der Waals surface area contributed by atoms with E-state index in [0.717, 1.165) is 54.8 Å². The molecular formula is C26H34N6O2. The number of carbonyl (C=O) groups is 1. The Balaban J connectivity index is 1.35. The highest BCUT2D eigenvalue weighted by Crippen LogP contribution is 2.33. The monoisotopic (exact) mass is 462 g/mol. The highest BCUT2D eigenvalue weighted by molar-refractivity contribution is 5.92. The Morgan fingerprint density at radius 2 is 2.06 bits per heavy atom. The summed E-state index contributed by atoms with van der Waals surface area (Å²) in [6.45, 7) is 8.63. The number of hydrogen-bond acceptors (Lipinski definition) is 6. The Morgan fingerprint density at radius 1 is 1.24 bits per heavy atom. The van der Waals surface area contributed by atoms with Crippen LogP contribution in [-0.2, 0) is 16.6 Å². The van der Waals surface area contributed by atoms with Crippen LogP contribution in [0.1, 0.15) is 47.3 Å². The van der Waals surface area contributed by atoms with Crippen molar-refractivity contribution in [3.63, 3.8) is 0 Å². The van der Waals surface area contributed by atoms with Crippen LogP contribution in [0.2, 0.25) is 0 Å². The van der Waals surface area contributed by atoms with E-state index in [0.29, 0.717) is 32.0 Å². The molecule has 0 radical (unpaired) electrons. The summed E-state index contributed by atoms with van der Waals surface area (Å²) in [7, 11) is 2.15. The van der Waals surface area contributed by atoms with E-state index >= 15 is 0 Å². The second-order valence-electron chi connectivity index (χ2n) is 10.2. The van der Waals surface area contributed by atoms with Crippen molar-refractivity contribution in [1.29, 1.82) is 0 Å². The van der Waals surface area contributed by atoms with Gasteiger partial charge in [-0.1, -0.05) is 19.1 Å². The van der Waals surface area contributed by atoms with Crippen LogP contribution in [0.15, 0.2) is 30.5 Å². The van der Waals surface area contributed by atoms with Crippen molar-refractivity contribution in [1.82, 2.24) is 30.0 Å². The fourth-order valence-corrected chi connectivity index (χ4v) is 5.15. The number of aromatic nitrogens is 4. The molecule has 2 fully saturated rings. The van der Waals surface area contributed by atoms with E-state index in [9.17, 15) is 4.79 Å². The zero-order chi connectivity index (χ0) is 23.7. The quantitative estimate of drug-likeness (QED) is 0.642. The number of nitrogens with one attached hydrogen (secondary N) is 1. The van der Waals surface area contributed by atoms with Crippen molar-refractivity contribution in [3.05, 3.63) is 53.2 Å². The highest BCUT2D eigenvalue weighted by atomic mass is 16.5. The lowest BCUT2D eigenvalue weighted by atomic mass is 9.79. The first kappa shape index (κ1) is 22.9. The summed E-state index contributed by atoms with van der Waals surface area (Å²) in [5.41, 5.74) is 3.51. The van der Waals surface area contributed by atoms with Crippen molar-refractivity contribution >= 4 is 16.8 Å². The minimum Gasteiger partial charge on any atom is -0.379 e. The van der Waals surface area contributed by atoms with Gasteiger partial charge >= 0.3 is 0 Å². The minimum atomic E-state index is -0.0960. The van der Waals surface area contributed by atoms with Crippen molar-refractivity contribution in [3.8, 4) is 0 Å². The van der Waals surface area contributed by atoms with Crippen molar-refractivity contribution in [2.24, 2.45) is 5.92 Å². The molecule has 0 bridgehead atoms. The Hall–Kier alpha value is -2.84. The van der Waals surface area contributed by atoms with E-state index in [-0.39, 0.29) is 17.2 Å². The molecule has 5 rings (SSSR count). The van der Waals surface area contributed by atoms with Crippen LogP contribution < -0.4 is 0 Å². The number of aryl methyl sites for hydroxylation is 1. The smallest absolute Gasteiger partial charge is 0.272 e. The van der Waals surface area contributed by atoms with Gasteiger partial charge < -0.3 is 14.5 Å². The van der Waals surface area contributed by atoms with Gasteiger partial charge in [0.25, 0.3) is 5.91 Å². The lowest BCUT2D eigenvalue weighted by Crippen LogP contribution is -2.41. The average molecular weight is 463 g/mol. The molecule has 180 valence electrons. The van der Waals surface area contributed by atoms with Crippen LogP contribution in [0.3, 0.4) is 0 Å². The number of aromatic amines is 1. The molecule has 0 spiro atoms. The fourth-order valence-electron chi connectivity index (χ4n) is 5.15. The number of carbonyl (C=O) groups excluding carboxylic acids is 1. The number of fused-ring (bicyclic) bond motifs is 1. The number of rotatable bonds is 4. The molecule has 4 heterocycles. The highest BCUT2D eigenvalue weighted by Gasteiger charge is 2.35. The Bertz CT molecular complexity index is 1170. The van der Waals surface area contributed by atoms with Gasteiger partial charge in [-0.3, -0.25) is 9.89 Å². The zero-order valence-corrected chi connectivity index (χ0v) is 20.4. The number of likely N-dealkylation sites (tertiary alicyclic amines) is 1. The van der Waals surface area contributed by atoms with E-state index in [1.807, 2.05) is 36.2 Å². The summed E-state index contributed by atoms with van der Waals surface area (Å²) < 4.78 is 5.90. The number of H-pyrrole nitrogens is 1. The minimum absolute atomic E-state index is 0.0275. The second-order valence-corrected chi connectivity index (χ2v) is 10.2. The molecule has 2 aliphatic rings. The molecule has 0 saturated carbocycles. The van der Waals surface area contributed by atoms with Gasteiger partial charge in [-0.15, -0.1) is 0 Å². The van der Waals surface area contributed by atoms with Gasteiger partial charge in [0, 0.05) is 35.5 Å². The average Bonchev–Trinajstić information content (AvgIpc) is 3.20. The van der Waals surface area contributed by atoms with E-state index in [4.69, 9.17) is 14.7 Å². The maximum atomic E-state index is 13.6. The summed E-state index contributed by atoms with van der Waals surface area (Å²) >= 11 is 0. The predicted octanol–water partition coefficient (Wildman–Crippen LogP) is 2.98. The van der Waals surface area contributed by atoms with Crippen LogP contribution in [-0.4, -0.2) is 82.3 Å². The van der Waals surface area contributed by atoms with Gasteiger partial charge in [0.1, 0.15) is 11.5 Å². The maximum Gasteiger partial charge on any atom is 0.272 e. The SMILES string of the molecule is Cc1cc(C(=O)N2CCOC[C@H](Cc3cccc4[nH]ncc34)C2)nc(C2(C)CCN(C)CC2)n1. The summed E-state index contributed by atoms with van der Waals surface area (Å²) in [6.07, 6.45) is 4.71. The molecule has 8 nitrogen and oxygen atoms in total. The summed E-state index contributed by atoms with van der Waals surface area (Å²) in [4.78, 5) is 27.5. The Labute approximate surface area is 200 Å². The standard InChI is InChI=1S/C26H34N6O2/c1-18-13-23(29-25(28-18)26(2)7-9-31(3)10-8-26)24(33)32-11-12-34-17-19(16-32)14-20-5-4-6-22-21(20)15-27-30-22/h4-6,13,15,19H,7-12,14,16-17H2,1-3H3,(H,27,30)/t19-/m1/s1. The van der Waals surface area contributed by atoms with Crippen LogP contribution in [0, 0.1) is 12.8 Å². The number of hydrogen-bond donors (Lipinski definition) is 1. The predicted molar refractivity (Wildman–Crippen MR) is 131 cm³/mol. The van der Waals surface area contributed by atoms with Crippen LogP contribution in [0.5, 0.6) is 0 Å². The van der Waals surface area contributed by atoms with E-state index in [2.05, 4.69) is 35.1 Å². The third kappa shape index (κ3) is 4.70. The van der Waals surface area contributed by atoms with Crippen LogP contribution in [0.25, 0.3) is 10.9 Å². The fraction of sp³-hybridized carbons (Fsp3) is 0.538. The molecule has 1 amide bonds. The van der Waals surface area contributed by atoms with Crippen LogP contribution in [0.4, 0.5) is 0 Å². The number of piperidine rings is 1. The molecule has 2 aliphatic heterocycles. The van der Waals surface area contributed by atoms with Gasteiger partial charge in [0.15, 0.2) is 0 Å². The Kier molecular flexibility index (Phi) is 6.36. The molecule has 2 aromatic heterocycles. The van der Waals surface area contributed by atoms with E-state index in [1.165, 1.54) is 5.56 Å². The van der Waals surface area contributed by atoms with Gasteiger partial charge in [0.2, 0.25) is 0 Å². The summed E-state index contributed by atoms with van der Waals surface area (Å²) in [6, 6.07) is 8.05. The zero-order valence-electron chi connectivity index (χ0n) is 20.4. The number of benzene rings is 1. The first-order valence-electron chi connectivity index (χ1n) is 12.2. The van der Waals surface area contributed by atoms with Gasteiger partial charge in [-0.2, -0.15) is 5.10 Å². The maximum absolute atomic E-state index is 13.6. The van der Waals surface area contributed by atoms with E-state index < -0.39 is 0 Å². The lowest BCUT2D eigenvalue weighted by Gasteiger charge is -2.36. The normalized spacial score (nSPS) is 21.5. The number of amides is 1. The lowest BCUT2D eigenvalue weighted by molar-refractivity contribution is 0.0730. The number of nitrogens with zero attached hydrogens (tertiary/aromatic N) is 5. The second kappa shape index (κ2) is 9.43. The molecular weight excluding hydrogens is 428 g/mol. The Morgan fingerprint density at radius 3 is 2.88 bits per heavy atom. The van der Waals surface area contributed by atoms with Crippen molar-refractivity contribution in [2.45, 2.75) is 38.5 Å². The molecule has 0 unspecified atom stereocenters.